The van der Waals surface area contributed by atoms with Crippen LogP contribution >= 0.6 is 0 Å². The molecule has 13 heavy (non-hydrogen) atoms. The van der Waals surface area contributed by atoms with E-state index in [2.05, 4.69) is 12.3 Å². The summed E-state index contributed by atoms with van der Waals surface area (Å²) in [7, 11) is 0. The van der Waals surface area contributed by atoms with Crippen LogP contribution in [0.3, 0.4) is 0 Å². The Morgan fingerprint density at radius 2 is 2.46 bits per heavy atom. The summed E-state index contributed by atoms with van der Waals surface area (Å²) in [5, 5.41) is 1.71. The second-order valence-corrected chi connectivity index (χ2v) is 3.75. The Balaban J connectivity index is 2.31. The molecule has 1 heterocycles. The Kier molecular flexibility index (Phi) is 3.69. The van der Waals surface area contributed by atoms with Crippen molar-refractivity contribution in [2.45, 2.75) is 45.2 Å². The van der Waals surface area contributed by atoms with Crippen LogP contribution in [0.4, 0.5) is 0 Å². The molecule has 1 rings (SSSR count). The van der Waals surface area contributed by atoms with Crippen LogP contribution in [-0.4, -0.2) is 29.5 Å². The average Bonchev–Trinajstić information content (AvgIpc) is 2.43. The summed E-state index contributed by atoms with van der Waals surface area (Å²) in [6.45, 7) is 4.77. The molecule has 2 atom stereocenters. The van der Waals surface area contributed by atoms with Crippen LogP contribution in [0.1, 0.15) is 33.1 Å². The molecule has 0 spiro atoms. The van der Waals surface area contributed by atoms with E-state index in [0.29, 0.717) is 12.5 Å². The number of hydrazine groups is 1. The minimum Gasteiger partial charge on any atom is -0.328 e. The van der Waals surface area contributed by atoms with Gasteiger partial charge >= 0.3 is 0 Å². The summed E-state index contributed by atoms with van der Waals surface area (Å²) in [4.78, 5) is 11.4. The van der Waals surface area contributed by atoms with Gasteiger partial charge in [0.1, 0.15) is 0 Å². The highest BCUT2D eigenvalue weighted by molar-refractivity contribution is 5.78. The summed E-state index contributed by atoms with van der Waals surface area (Å²) < 4.78 is 0. The van der Waals surface area contributed by atoms with Gasteiger partial charge in [-0.25, -0.2) is 5.43 Å². The second kappa shape index (κ2) is 4.58. The third-order valence-electron chi connectivity index (χ3n) is 2.36. The number of carbonyl (C=O) groups is 1. The van der Waals surface area contributed by atoms with Crippen molar-refractivity contribution in [1.29, 1.82) is 0 Å². The first-order valence-electron chi connectivity index (χ1n) is 4.95. The molecule has 4 heteroatoms. The Hall–Kier alpha value is -0.610. The Morgan fingerprint density at radius 1 is 1.77 bits per heavy atom. The first-order valence-corrected chi connectivity index (χ1v) is 4.95. The lowest BCUT2D eigenvalue weighted by Crippen LogP contribution is -2.39. The van der Waals surface area contributed by atoms with Gasteiger partial charge in [0.2, 0.25) is 5.91 Å². The van der Waals surface area contributed by atoms with E-state index in [1.807, 2.05) is 6.92 Å². The highest BCUT2D eigenvalue weighted by Crippen LogP contribution is 2.10. The Bertz CT molecular complexity index is 182. The SMILES string of the molecule is CCC1CC(=O)N(CCC(C)N)N1. The van der Waals surface area contributed by atoms with E-state index in [1.165, 1.54) is 0 Å². The van der Waals surface area contributed by atoms with Gasteiger partial charge in [0.15, 0.2) is 0 Å². The number of amides is 1. The quantitative estimate of drug-likeness (QED) is 0.659. The number of nitrogens with zero attached hydrogens (tertiary/aromatic N) is 1. The number of nitrogens with one attached hydrogen (secondary N) is 1. The van der Waals surface area contributed by atoms with Gasteiger partial charge in [-0.3, -0.25) is 9.80 Å². The predicted octanol–water partition coefficient (Wildman–Crippen LogP) is 0.239. The fourth-order valence-electron chi connectivity index (χ4n) is 1.42. The fraction of sp³-hybridized carbons (Fsp3) is 0.889. The second-order valence-electron chi connectivity index (χ2n) is 3.75. The highest BCUT2D eigenvalue weighted by atomic mass is 16.2. The van der Waals surface area contributed by atoms with Crippen LogP contribution in [0.5, 0.6) is 0 Å². The lowest BCUT2D eigenvalue weighted by molar-refractivity contribution is -0.129. The van der Waals surface area contributed by atoms with E-state index in [9.17, 15) is 4.79 Å². The molecule has 1 amide bonds. The maximum absolute atomic E-state index is 11.4. The summed E-state index contributed by atoms with van der Waals surface area (Å²) >= 11 is 0. The fourth-order valence-corrected chi connectivity index (χ4v) is 1.42. The van der Waals surface area contributed by atoms with E-state index < -0.39 is 0 Å². The number of carbonyl (C=O) groups excluding carboxylic acids is 1. The third kappa shape index (κ3) is 2.97. The van der Waals surface area contributed by atoms with Crippen molar-refractivity contribution >= 4 is 5.91 Å². The molecule has 1 fully saturated rings. The van der Waals surface area contributed by atoms with Crippen molar-refractivity contribution in [3.8, 4) is 0 Å². The zero-order valence-corrected chi connectivity index (χ0v) is 8.42. The standard InChI is InChI=1S/C9H19N3O/c1-3-8-6-9(13)12(11-8)5-4-7(2)10/h7-8,11H,3-6,10H2,1-2H3. The van der Waals surface area contributed by atoms with Gasteiger partial charge in [-0.2, -0.15) is 0 Å². The summed E-state index contributed by atoms with van der Waals surface area (Å²) in [5.74, 6) is 0.201. The molecule has 0 saturated carbocycles. The van der Waals surface area contributed by atoms with Crippen molar-refractivity contribution in [2.75, 3.05) is 6.54 Å². The molecule has 0 aliphatic carbocycles. The van der Waals surface area contributed by atoms with Crippen LogP contribution in [0.25, 0.3) is 0 Å². The zero-order valence-electron chi connectivity index (χ0n) is 8.42. The molecule has 0 radical (unpaired) electrons. The molecule has 76 valence electrons. The van der Waals surface area contributed by atoms with Crippen molar-refractivity contribution in [3.63, 3.8) is 0 Å². The van der Waals surface area contributed by atoms with Crippen molar-refractivity contribution < 1.29 is 4.79 Å². The molecule has 4 nitrogen and oxygen atoms in total. The minimum absolute atomic E-state index is 0.162. The molecule has 1 aliphatic rings. The summed E-state index contributed by atoms with van der Waals surface area (Å²) in [5.41, 5.74) is 8.79. The highest BCUT2D eigenvalue weighted by Gasteiger charge is 2.27. The van der Waals surface area contributed by atoms with Crippen LogP contribution in [0, 0.1) is 0 Å². The molecule has 1 saturated heterocycles. The predicted molar refractivity (Wildman–Crippen MR) is 51.8 cm³/mol. The van der Waals surface area contributed by atoms with E-state index in [-0.39, 0.29) is 11.9 Å². The van der Waals surface area contributed by atoms with Crippen molar-refractivity contribution in [2.24, 2.45) is 5.73 Å². The molecule has 0 aromatic heterocycles. The van der Waals surface area contributed by atoms with E-state index in [4.69, 9.17) is 5.73 Å². The number of nitrogens with two attached hydrogens (primary N) is 1. The van der Waals surface area contributed by atoms with Gasteiger partial charge in [-0.15, -0.1) is 0 Å². The van der Waals surface area contributed by atoms with Crippen LogP contribution in [-0.2, 0) is 4.79 Å². The number of hydrogen-bond acceptors (Lipinski definition) is 3. The molecule has 2 unspecified atom stereocenters. The topological polar surface area (TPSA) is 58.4 Å². The zero-order chi connectivity index (χ0) is 9.84. The van der Waals surface area contributed by atoms with Crippen LogP contribution < -0.4 is 11.2 Å². The first kappa shape index (κ1) is 10.5. The van der Waals surface area contributed by atoms with Gasteiger partial charge in [0.25, 0.3) is 0 Å². The third-order valence-corrected chi connectivity index (χ3v) is 2.36. The lowest BCUT2D eigenvalue weighted by atomic mass is 10.2. The lowest BCUT2D eigenvalue weighted by Gasteiger charge is -2.18. The summed E-state index contributed by atoms with van der Waals surface area (Å²) in [6.07, 6.45) is 2.49. The number of hydrogen-bond donors (Lipinski definition) is 2. The maximum atomic E-state index is 11.4. The van der Waals surface area contributed by atoms with E-state index >= 15 is 0 Å². The summed E-state index contributed by atoms with van der Waals surface area (Å²) in [6, 6.07) is 0.496. The van der Waals surface area contributed by atoms with Crippen LogP contribution in [0.2, 0.25) is 0 Å². The van der Waals surface area contributed by atoms with Crippen LogP contribution in [0.15, 0.2) is 0 Å². The maximum Gasteiger partial charge on any atom is 0.238 e. The number of rotatable bonds is 4. The van der Waals surface area contributed by atoms with E-state index in [0.717, 1.165) is 19.4 Å². The van der Waals surface area contributed by atoms with Gasteiger partial charge < -0.3 is 5.73 Å². The van der Waals surface area contributed by atoms with Gasteiger partial charge in [-0.05, 0) is 19.8 Å². The van der Waals surface area contributed by atoms with Gasteiger partial charge in [0.05, 0.1) is 0 Å². The largest absolute Gasteiger partial charge is 0.328 e. The monoisotopic (exact) mass is 185 g/mol. The van der Waals surface area contributed by atoms with E-state index in [1.54, 1.807) is 5.01 Å². The molecule has 0 bridgehead atoms. The molecule has 0 aromatic rings. The Morgan fingerprint density at radius 3 is 2.92 bits per heavy atom. The minimum atomic E-state index is 0.162. The molecular weight excluding hydrogens is 166 g/mol. The van der Waals surface area contributed by atoms with Crippen molar-refractivity contribution in [3.05, 3.63) is 0 Å². The molecule has 3 N–H and O–H groups in total. The molecular formula is C9H19N3O. The smallest absolute Gasteiger partial charge is 0.238 e. The normalized spacial score (nSPS) is 25.3. The van der Waals surface area contributed by atoms with Gasteiger partial charge in [-0.1, -0.05) is 6.92 Å². The average molecular weight is 185 g/mol. The molecule has 0 aromatic carbocycles. The van der Waals surface area contributed by atoms with Crippen molar-refractivity contribution in [1.82, 2.24) is 10.4 Å². The molecule has 1 aliphatic heterocycles. The Labute approximate surface area is 79.4 Å². The van der Waals surface area contributed by atoms with Gasteiger partial charge in [0, 0.05) is 25.0 Å². The first-order chi connectivity index (χ1) is 6.13.